The third-order valence-corrected chi connectivity index (χ3v) is 2.46. The van der Waals surface area contributed by atoms with E-state index >= 15 is 0 Å². The summed E-state index contributed by atoms with van der Waals surface area (Å²) in [5.74, 6) is -0.978. The molecule has 0 amide bonds. The van der Waals surface area contributed by atoms with Crippen LogP contribution >= 0.6 is 0 Å². The molecule has 2 aromatic rings. The molecule has 1 aromatic carbocycles. The topological polar surface area (TPSA) is 50.2 Å². The molecule has 0 aliphatic carbocycles. The number of aliphatic carboxylic acids is 1. The predicted octanol–water partition coefficient (Wildman–Crippen LogP) is 4.00. The van der Waals surface area contributed by atoms with Gasteiger partial charge in [-0.25, -0.2) is 4.39 Å². The number of aromatic nitrogens is 1. The van der Waals surface area contributed by atoms with Crippen molar-refractivity contribution < 1.29 is 14.3 Å². The van der Waals surface area contributed by atoms with Crippen LogP contribution in [0, 0.1) is 11.2 Å². The maximum Gasteiger partial charge on any atom is 0.308 e. The van der Waals surface area contributed by atoms with Crippen LogP contribution in [0.1, 0.15) is 20.8 Å². The first kappa shape index (κ1) is 15.8. The minimum Gasteiger partial charge on any atom is -0.481 e. The van der Waals surface area contributed by atoms with E-state index in [1.54, 1.807) is 39.2 Å². The average molecular weight is 275 g/mol. The number of carboxylic acids is 1. The zero-order valence-corrected chi connectivity index (χ0v) is 11.8. The van der Waals surface area contributed by atoms with Crippen molar-refractivity contribution in [2.45, 2.75) is 20.8 Å². The van der Waals surface area contributed by atoms with Crippen molar-refractivity contribution >= 4 is 5.97 Å². The largest absolute Gasteiger partial charge is 0.481 e. The van der Waals surface area contributed by atoms with E-state index in [0.29, 0.717) is 0 Å². The van der Waals surface area contributed by atoms with E-state index in [0.717, 1.165) is 11.1 Å². The minimum atomic E-state index is -0.757. The molecular weight excluding hydrogens is 257 g/mol. The molecule has 0 saturated heterocycles. The predicted molar refractivity (Wildman–Crippen MR) is 76.7 cm³/mol. The van der Waals surface area contributed by atoms with E-state index < -0.39 is 11.4 Å². The van der Waals surface area contributed by atoms with Gasteiger partial charge in [0, 0.05) is 18.0 Å². The van der Waals surface area contributed by atoms with Crippen molar-refractivity contribution in [3.05, 3.63) is 54.6 Å². The summed E-state index contributed by atoms with van der Waals surface area (Å²) in [4.78, 5) is 14.0. The van der Waals surface area contributed by atoms with Crippen LogP contribution in [-0.4, -0.2) is 16.1 Å². The molecule has 0 spiro atoms. The molecule has 0 saturated carbocycles. The zero-order valence-electron chi connectivity index (χ0n) is 11.8. The number of nitrogens with zero attached hydrogens (tertiary/aromatic N) is 1. The number of pyridine rings is 1. The number of carboxylic acid groups (broad SMARTS) is 1. The van der Waals surface area contributed by atoms with E-state index in [1.165, 1.54) is 12.1 Å². The molecule has 0 unspecified atom stereocenters. The molecule has 2 rings (SSSR count). The molecule has 0 fully saturated rings. The first-order valence-corrected chi connectivity index (χ1v) is 6.20. The van der Waals surface area contributed by atoms with Gasteiger partial charge in [0.25, 0.3) is 0 Å². The highest BCUT2D eigenvalue weighted by Gasteiger charge is 2.18. The molecule has 0 radical (unpaired) electrons. The lowest BCUT2D eigenvalue weighted by atomic mass is 9.98. The van der Waals surface area contributed by atoms with Crippen LogP contribution in [0.3, 0.4) is 0 Å². The summed E-state index contributed by atoms with van der Waals surface area (Å²) in [5, 5.41) is 8.25. The van der Waals surface area contributed by atoms with Gasteiger partial charge in [0.15, 0.2) is 0 Å². The number of halogens is 1. The first-order chi connectivity index (χ1) is 9.30. The van der Waals surface area contributed by atoms with Gasteiger partial charge in [-0.05, 0) is 44.5 Å². The summed E-state index contributed by atoms with van der Waals surface area (Å²) in [6.45, 7) is 4.99. The van der Waals surface area contributed by atoms with Gasteiger partial charge in [0.2, 0.25) is 0 Å². The Balaban J connectivity index is 0.000000246. The fourth-order valence-corrected chi connectivity index (χ4v) is 1.20. The highest BCUT2D eigenvalue weighted by molar-refractivity contribution is 5.72. The molecule has 0 aliphatic rings. The van der Waals surface area contributed by atoms with E-state index in [-0.39, 0.29) is 5.82 Å². The summed E-state index contributed by atoms with van der Waals surface area (Å²) >= 11 is 0. The van der Waals surface area contributed by atoms with Gasteiger partial charge in [0.05, 0.1) is 5.41 Å². The van der Waals surface area contributed by atoms with Crippen LogP contribution in [0.5, 0.6) is 0 Å². The first-order valence-electron chi connectivity index (χ1n) is 6.20. The molecular formula is C16H18FNO2. The van der Waals surface area contributed by atoms with Gasteiger partial charge in [-0.2, -0.15) is 0 Å². The second kappa shape index (κ2) is 6.80. The molecule has 0 bridgehead atoms. The minimum absolute atomic E-state index is 0.221. The number of rotatable bonds is 1. The molecule has 20 heavy (non-hydrogen) atoms. The Labute approximate surface area is 118 Å². The Bertz CT molecular complexity index is 562. The third-order valence-electron chi connectivity index (χ3n) is 2.46. The molecule has 106 valence electrons. The molecule has 4 heteroatoms. The maximum atomic E-state index is 12.8. The highest BCUT2D eigenvalue weighted by atomic mass is 19.1. The van der Waals surface area contributed by atoms with Crippen LogP contribution < -0.4 is 0 Å². The lowest BCUT2D eigenvalue weighted by molar-refractivity contribution is -0.145. The summed E-state index contributed by atoms with van der Waals surface area (Å²) < 4.78 is 12.8. The summed E-state index contributed by atoms with van der Waals surface area (Å²) in [6.07, 6.45) is 3.41. The normalized spacial score (nSPS) is 10.4. The smallest absolute Gasteiger partial charge is 0.308 e. The molecule has 0 atom stereocenters. The second-order valence-electron chi connectivity index (χ2n) is 5.31. The van der Waals surface area contributed by atoms with Crippen LogP contribution in [0.2, 0.25) is 0 Å². The molecule has 1 aromatic heterocycles. The Morgan fingerprint density at radius 1 is 1.15 bits per heavy atom. The number of hydrogen-bond donors (Lipinski definition) is 1. The lowest BCUT2D eigenvalue weighted by Gasteiger charge is -2.08. The summed E-state index contributed by atoms with van der Waals surface area (Å²) in [6, 6.07) is 10.2. The van der Waals surface area contributed by atoms with Crippen molar-refractivity contribution in [3.63, 3.8) is 0 Å². The van der Waals surface area contributed by atoms with Gasteiger partial charge in [-0.3, -0.25) is 9.78 Å². The molecule has 1 heterocycles. The van der Waals surface area contributed by atoms with E-state index in [4.69, 9.17) is 5.11 Å². The van der Waals surface area contributed by atoms with Gasteiger partial charge in [-0.1, -0.05) is 18.2 Å². The van der Waals surface area contributed by atoms with Crippen LogP contribution in [0.4, 0.5) is 4.39 Å². The van der Waals surface area contributed by atoms with E-state index in [9.17, 15) is 9.18 Å². The SMILES string of the molecule is CC(C)(C)C(=O)O.Fc1cccc(-c2cccnc2)c1. The Morgan fingerprint density at radius 2 is 1.75 bits per heavy atom. The van der Waals surface area contributed by atoms with Crippen molar-refractivity contribution in [1.29, 1.82) is 0 Å². The summed E-state index contributed by atoms with van der Waals surface area (Å²) in [5.41, 5.74) is 1.20. The third kappa shape index (κ3) is 5.18. The Hall–Kier alpha value is -2.23. The summed E-state index contributed by atoms with van der Waals surface area (Å²) in [7, 11) is 0. The molecule has 1 N–H and O–H groups in total. The van der Waals surface area contributed by atoms with Crippen molar-refractivity contribution in [2.24, 2.45) is 5.41 Å². The maximum absolute atomic E-state index is 12.8. The van der Waals surface area contributed by atoms with E-state index in [2.05, 4.69) is 4.98 Å². The van der Waals surface area contributed by atoms with Crippen molar-refractivity contribution in [2.75, 3.05) is 0 Å². The van der Waals surface area contributed by atoms with Gasteiger partial charge >= 0.3 is 5.97 Å². The molecule has 0 aliphatic heterocycles. The van der Waals surface area contributed by atoms with E-state index in [1.807, 2.05) is 18.2 Å². The van der Waals surface area contributed by atoms with Gasteiger partial charge in [0.1, 0.15) is 5.82 Å². The number of carbonyl (C=O) groups is 1. The quantitative estimate of drug-likeness (QED) is 0.855. The fraction of sp³-hybridized carbons (Fsp3) is 0.250. The van der Waals surface area contributed by atoms with Crippen LogP contribution in [-0.2, 0) is 4.79 Å². The monoisotopic (exact) mass is 275 g/mol. The lowest BCUT2D eigenvalue weighted by Crippen LogP contribution is -2.18. The number of benzene rings is 1. The van der Waals surface area contributed by atoms with Crippen LogP contribution in [0.25, 0.3) is 11.1 Å². The Morgan fingerprint density at radius 3 is 2.20 bits per heavy atom. The second-order valence-corrected chi connectivity index (χ2v) is 5.31. The fourth-order valence-electron chi connectivity index (χ4n) is 1.20. The molecule has 3 nitrogen and oxygen atoms in total. The van der Waals surface area contributed by atoms with Crippen LogP contribution in [0.15, 0.2) is 48.8 Å². The Kier molecular flexibility index (Phi) is 5.38. The standard InChI is InChI=1S/C11H8FN.C5H10O2/c12-11-5-1-3-9(7-11)10-4-2-6-13-8-10;1-5(2,3)4(6)7/h1-8H;1-3H3,(H,6,7). The highest BCUT2D eigenvalue weighted by Crippen LogP contribution is 2.18. The van der Waals surface area contributed by atoms with Crippen molar-refractivity contribution in [1.82, 2.24) is 4.98 Å². The van der Waals surface area contributed by atoms with Gasteiger partial charge < -0.3 is 5.11 Å². The average Bonchev–Trinajstić information content (AvgIpc) is 2.39. The van der Waals surface area contributed by atoms with Gasteiger partial charge in [-0.15, -0.1) is 0 Å². The zero-order chi connectivity index (χ0) is 15.2. The number of hydrogen-bond acceptors (Lipinski definition) is 2. The van der Waals surface area contributed by atoms with Crippen molar-refractivity contribution in [3.8, 4) is 11.1 Å².